The lowest BCUT2D eigenvalue weighted by atomic mass is 10.2. The lowest BCUT2D eigenvalue weighted by Gasteiger charge is -2.15. The molecule has 1 aliphatic rings. The molecular formula is C20H25N3O2. The topological polar surface area (TPSA) is 54.3 Å². The van der Waals surface area contributed by atoms with Crippen molar-refractivity contribution in [3.63, 3.8) is 0 Å². The van der Waals surface area contributed by atoms with Gasteiger partial charge in [0.15, 0.2) is 0 Å². The molecule has 0 spiro atoms. The molecule has 1 saturated heterocycles. The van der Waals surface area contributed by atoms with Crippen LogP contribution in [0.15, 0.2) is 30.3 Å². The maximum Gasteiger partial charge on any atom is 0.253 e. The maximum absolute atomic E-state index is 12.6. The zero-order valence-electron chi connectivity index (χ0n) is 15.1. The fourth-order valence-corrected chi connectivity index (χ4v) is 3.51. The van der Waals surface area contributed by atoms with Crippen LogP contribution in [-0.4, -0.2) is 40.9 Å². The molecule has 1 aromatic carbocycles. The van der Waals surface area contributed by atoms with Crippen LogP contribution in [0.3, 0.4) is 0 Å². The number of benzene rings is 1. The number of aromatic nitrogens is 1. The third-order valence-electron chi connectivity index (χ3n) is 4.89. The molecule has 1 fully saturated rings. The van der Waals surface area contributed by atoms with Crippen LogP contribution in [0.5, 0.6) is 0 Å². The van der Waals surface area contributed by atoms with E-state index >= 15 is 0 Å². The van der Waals surface area contributed by atoms with Gasteiger partial charge in [-0.2, -0.15) is 0 Å². The van der Waals surface area contributed by atoms with Crippen molar-refractivity contribution in [3.8, 4) is 5.69 Å². The highest BCUT2D eigenvalue weighted by atomic mass is 16.2. The molecule has 0 saturated carbocycles. The lowest BCUT2D eigenvalue weighted by Crippen LogP contribution is -2.38. The molecule has 0 radical (unpaired) electrons. The molecule has 5 nitrogen and oxygen atoms in total. The van der Waals surface area contributed by atoms with Gasteiger partial charge in [0.2, 0.25) is 5.91 Å². The van der Waals surface area contributed by atoms with E-state index in [0.717, 1.165) is 48.6 Å². The number of aryl methyl sites for hydroxylation is 2. The van der Waals surface area contributed by atoms with E-state index in [2.05, 4.69) is 22.9 Å². The predicted molar refractivity (Wildman–Crippen MR) is 98.1 cm³/mol. The molecule has 0 bridgehead atoms. The molecule has 0 unspecified atom stereocenters. The van der Waals surface area contributed by atoms with Gasteiger partial charge >= 0.3 is 0 Å². The minimum Gasteiger partial charge on any atom is -0.343 e. The quantitative estimate of drug-likeness (QED) is 0.931. The van der Waals surface area contributed by atoms with Crippen LogP contribution in [0, 0.1) is 20.8 Å². The molecule has 25 heavy (non-hydrogen) atoms. The second-order valence-electron chi connectivity index (χ2n) is 6.68. The Morgan fingerprint density at radius 3 is 2.44 bits per heavy atom. The van der Waals surface area contributed by atoms with Crippen LogP contribution < -0.4 is 5.32 Å². The monoisotopic (exact) mass is 339 g/mol. The molecule has 1 aromatic heterocycles. The number of nitrogens with one attached hydrogen (secondary N) is 1. The predicted octanol–water partition coefficient (Wildman–Crippen LogP) is 2.75. The van der Waals surface area contributed by atoms with Gasteiger partial charge in [-0.05, 0) is 51.3 Å². The van der Waals surface area contributed by atoms with Gasteiger partial charge in [0.05, 0.1) is 12.1 Å². The standard InChI is InChI=1S/C20H25N3O2/c1-14-8-4-5-9-18(14)23-15(2)12-17(16(23)3)20(25)21-13-19(24)22-10-6-7-11-22/h4-5,8-9,12H,6-7,10-11,13H2,1-3H3,(H,21,25). The summed E-state index contributed by atoms with van der Waals surface area (Å²) in [5, 5.41) is 2.78. The van der Waals surface area contributed by atoms with Crippen LogP contribution in [0.4, 0.5) is 0 Å². The summed E-state index contributed by atoms with van der Waals surface area (Å²) in [4.78, 5) is 26.5. The van der Waals surface area contributed by atoms with Gasteiger partial charge in [-0.1, -0.05) is 18.2 Å². The third-order valence-corrected chi connectivity index (χ3v) is 4.89. The third kappa shape index (κ3) is 3.45. The van der Waals surface area contributed by atoms with Gasteiger partial charge in [-0.15, -0.1) is 0 Å². The van der Waals surface area contributed by atoms with Gasteiger partial charge in [0.25, 0.3) is 5.91 Å². The Kier molecular flexibility index (Phi) is 4.93. The van der Waals surface area contributed by atoms with Crippen molar-refractivity contribution in [2.45, 2.75) is 33.6 Å². The first kappa shape index (κ1) is 17.3. The molecule has 1 N–H and O–H groups in total. The zero-order valence-corrected chi connectivity index (χ0v) is 15.1. The number of hydrogen-bond acceptors (Lipinski definition) is 2. The normalized spacial score (nSPS) is 14.0. The van der Waals surface area contributed by atoms with Gasteiger partial charge in [0.1, 0.15) is 0 Å². The van der Waals surface area contributed by atoms with Gasteiger partial charge in [-0.3, -0.25) is 9.59 Å². The summed E-state index contributed by atoms with van der Waals surface area (Å²) in [6.07, 6.45) is 2.11. The first-order valence-electron chi connectivity index (χ1n) is 8.80. The van der Waals surface area contributed by atoms with Crippen molar-refractivity contribution in [2.75, 3.05) is 19.6 Å². The molecule has 5 heteroatoms. The van der Waals surface area contributed by atoms with Crippen molar-refractivity contribution in [1.82, 2.24) is 14.8 Å². The number of para-hydroxylation sites is 1. The number of carbonyl (C=O) groups is 2. The zero-order chi connectivity index (χ0) is 18.0. The lowest BCUT2D eigenvalue weighted by molar-refractivity contribution is -0.129. The Bertz CT molecular complexity index is 801. The fourth-order valence-electron chi connectivity index (χ4n) is 3.51. The Hall–Kier alpha value is -2.56. The second-order valence-corrected chi connectivity index (χ2v) is 6.68. The van der Waals surface area contributed by atoms with Crippen LogP contribution in [0.1, 0.15) is 40.2 Å². The van der Waals surface area contributed by atoms with Crippen molar-refractivity contribution in [2.24, 2.45) is 0 Å². The minimum absolute atomic E-state index is 0.00133. The molecule has 0 aliphatic carbocycles. The summed E-state index contributed by atoms with van der Waals surface area (Å²) < 4.78 is 2.09. The number of amides is 2. The Labute approximate surface area is 148 Å². The molecule has 3 rings (SSSR count). The summed E-state index contributed by atoms with van der Waals surface area (Å²) in [6, 6.07) is 9.99. The summed E-state index contributed by atoms with van der Waals surface area (Å²) in [5.41, 5.74) is 4.74. The van der Waals surface area contributed by atoms with Crippen LogP contribution in [0.2, 0.25) is 0 Å². The van der Waals surface area contributed by atoms with E-state index in [4.69, 9.17) is 0 Å². The number of nitrogens with zero attached hydrogens (tertiary/aromatic N) is 2. The summed E-state index contributed by atoms with van der Waals surface area (Å²) in [6.45, 7) is 7.66. The van der Waals surface area contributed by atoms with Crippen LogP contribution in [0.25, 0.3) is 5.69 Å². The molecule has 132 valence electrons. The highest BCUT2D eigenvalue weighted by molar-refractivity contribution is 5.98. The smallest absolute Gasteiger partial charge is 0.253 e. The Morgan fingerprint density at radius 2 is 1.76 bits per heavy atom. The van der Waals surface area contributed by atoms with Gasteiger partial charge in [0, 0.05) is 30.2 Å². The van der Waals surface area contributed by atoms with Crippen LogP contribution >= 0.6 is 0 Å². The number of rotatable bonds is 4. The van der Waals surface area contributed by atoms with Crippen LogP contribution in [-0.2, 0) is 4.79 Å². The van der Waals surface area contributed by atoms with E-state index in [9.17, 15) is 9.59 Å². The molecule has 1 aliphatic heterocycles. The molecule has 2 aromatic rings. The molecular weight excluding hydrogens is 314 g/mol. The van der Waals surface area contributed by atoms with Gasteiger partial charge in [-0.25, -0.2) is 0 Å². The van der Waals surface area contributed by atoms with Gasteiger partial charge < -0.3 is 14.8 Å². The van der Waals surface area contributed by atoms with E-state index in [1.54, 1.807) is 0 Å². The van der Waals surface area contributed by atoms with E-state index in [-0.39, 0.29) is 18.4 Å². The average Bonchev–Trinajstić information content (AvgIpc) is 3.22. The molecule has 0 atom stereocenters. The number of carbonyl (C=O) groups excluding carboxylic acids is 2. The minimum atomic E-state index is -0.194. The number of hydrogen-bond donors (Lipinski definition) is 1. The van der Waals surface area contributed by atoms with Crippen molar-refractivity contribution in [3.05, 3.63) is 52.8 Å². The van der Waals surface area contributed by atoms with E-state index < -0.39 is 0 Å². The average molecular weight is 339 g/mol. The molecule has 2 heterocycles. The summed E-state index contributed by atoms with van der Waals surface area (Å²) in [5.74, 6) is -0.195. The van der Waals surface area contributed by atoms with Crippen molar-refractivity contribution in [1.29, 1.82) is 0 Å². The fraction of sp³-hybridized carbons (Fsp3) is 0.400. The summed E-state index contributed by atoms with van der Waals surface area (Å²) >= 11 is 0. The number of likely N-dealkylation sites (tertiary alicyclic amines) is 1. The second kappa shape index (κ2) is 7.13. The maximum atomic E-state index is 12.6. The molecule has 2 amide bonds. The van der Waals surface area contributed by atoms with Crippen molar-refractivity contribution >= 4 is 11.8 Å². The Balaban J connectivity index is 1.77. The first-order valence-corrected chi connectivity index (χ1v) is 8.80. The SMILES string of the molecule is Cc1ccccc1-n1c(C)cc(C(=O)NCC(=O)N2CCCC2)c1C. The highest BCUT2D eigenvalue weighted by Crippen LogP contribution is 2.23. The van der Waals surface area contributed by atoms with E-state index in [1.165, 1.54) is 0 Å². The van der Waals surface area contributed by atoms with E-state index in [0.29, 0.717) is 5.56 Å². The largest absolute Gasteiger partial charge is 0.343 e. The first-order chi connectivity index (χ1) is 12.0. The highest BCUT2D eigenvalue weighted by Gasteiger charge is 2.21. The van der Waals surface area contributed by atoms with E-state index in [1.807, 2.05) is 43.0 Å². The van der Waals surface area contributed by atoms with Crippen molar-refractivity contribution < 1.29 is 9.59 Å². The Morgan fingerprint density at radius 1 is 1.08 bits per heavy atom. The summed E-state index contributed by atoms with van der Waals surface area (Å²) in [7, 11) is 0.